The van der Waals surface area contributed by atoms with Crippen molar-refractivity contribution in [3.8, 4) is 0 Å². The van der Waals surface area contributed by atoms with Gasteiger partial charge in [-0.2, -0.15) is 0 Å². The van der Waals surface area contributed by atoms with E-state index in [0.29, 0.717) is 24.7 Å². The summed E-state index contributed by atoms with van der Waals surface area (Å²) in [5, 5.41) is 2.73. The Hall–Kier alpha value is -0.860. The maximum atomic E-state index is 11.1. The molecule has 1 atom stereocenters. The average molecular weight is 169 g/mol. The number of hydrogen-bond acceptors (Lipinski definition) is 2. The second kappa shape index (κ2) is 2.88. The first-order valence-electron chi connectivity index (χ1n) is 4.22. The van der Waals surface area contributed by atoms with Gasteiger partial charge in [0.15, 0.2) is 0 Å². The van der Waals surface area contributed by atoms with E-state index < -0.39 is 0 Å². The minimum Gasteiger partial charge on any atom is -0.356 e. The maximum absolute atomic E-state index is 11.1. The van der Waals surface area contributed by atoms with Gasteiger partial charge in [-0.05, 0) is 5.92 Å². The van der Waals surface area contributed by atoms with Gasteiger partial charge in [0.05, 0.1) is 0 Å². The van der Waals surface area contributed by atoms with Gasteiger partial charge >= 0.3 is 0 Å². The molecule has 0 bridgehead atoms. The summed E-state index contributed by atoms with van der Waals surface area (Å²) >= 11 is 0. The third-order valence-electron chi connectivity index (χ3n) is 2.77. The van der Waals surface area contributed by atoms with Crippen LogP contribution in [0.15, 0.2) is 0 Å². The van der Waals surface area contributed by atoms with E-state index in [1.807, 2.05) is 13.8 Å². The third-order valence-corrected chi connectivity index (χ3v) is 2.77. The molecule has 0 aromatic rings. The summed E-state index contributed by atoms with van der Waals surface area (Å²) in [6.07, 6.45) is 0.618. The van der Waals surface area contributed by atoms with Crippen molar-refractivity contribution in [3.63, 3.8) is 0 Å². The third kappa shape index (κ3) is 1.49. The summed E-state index contributed by atoms with van der Waals surface area (Å²) in [5.74, 6) is 0.608. The highest BCUT2D eigenvalue weighted by atomic mass is 16.1. The fourth-order valence-corrected chi connectivity index (χ4v) is 1.43. The molecular formula is C9H15NO2. The lowest BCUT2D eigenvalue weighted by atomic mass is 9.61. The Labute approximate surface area is 72.5 Å². The normalized spacial score (nSPS) is 26.2. The van der Waals surface area contributed by atoms with Crippen molar-refractivity contribution < 1.29 is 9.59 Å². The number of hydrogen-bond donors (Lipinski definition) is 1. The first-order chi connectivity index (χ1) is 5.44. The highest BCUT2D eigenvalue weighted by molar-refractivity contribution is 5.90. The van der Waals surface area contributed by atoms with E-state index in [2.05, 4.69) is 5.32 Å². The maximum Gasteiger partial charge on any atom is 0.216 e. The van der Waals surface area contributed by atoms with Gasteiger partial charge in [0.2, 0.25) is 5.91 Å². The average Bonchev–Trinajstić information content (AvgIpc) is 1.97. The lowest BCUT2D eigenvalue weighted by Gasteiger charge is -2.42. The van der Waals surface area contributed by atoms with Crippen molar-refractivity contribution in [3.05, 3.63) is 0 Å². The van der Waals surface area contributed by atoms with E-state index in [9.17, 15) is 9.59 Å². The number of carbonyl (C=O) groups excluding carboxylic acids is 2. The van der Waals surface area contributed by atoms with Crippen LogP contribution in [0.2, 0.25) is 0 Å². The molecular weight excluding hydrogens is 154 g/mol. The Morgan fingerprint density at radius 1 is 1.67 bits per heavy atom. The smallest absolute Gasteiger partial charge is 0.216 e. The zero-order chi connectivity index (χ0) is 9.35. The van der Waals surface area contributed by atoms with Crippen molar-refractivity contribution in [2.24, 2.45) is 11.3 Å². The lowest BCUT2D eigenvalue weighted by Crippen LogP contribution is -2.50. The topological polar surface area (TPSA) is 46.2 Å². The fourth-order valence-electron chi connectivity index (χ4n) is 1.43. The molecule has 1 amide bonds. The lowest BCUT2D eigenvalue weighted by molar-refractivity contribution is -0.143. The molecule has 12 heavy (non-hydrogen) atoms. The highest BCUT2D eigenvalue weighted by Crippen LogP contribution is 2.41. The molecule has 1 aliphatic carbocycles. The molecule has 0 saturated heterocycles. The van der Waals surface area contributed by atoms with Gasteiger partial charge < -0.3 is 5.32 Å². The zero-order valence-electron chi connectivity index (χ0n) is 7.81. The number of amides is 1. The summed E-state index contributed by atoms with van der Waals surface area (Å²) in [7, 11) is 0. The Balaban J connectivity index is 2.37. The van der Waals surface area contributed by atoms with Crippen LogP contribution in [0, 0.1) is 11.3 Å². The molecule has 0 spiro atoms. The van der Waals surface area contributed by atoms with Crippen LogP contribution in [-0.4, -0.2) is 18.2 Å². The molecule has 1 saturated carbocycles. The molecule has 1 fully saturated rings. The number of rotatable bonds is 2. The van der Waals surface area contributed by atoms with E-state index in [-0.39, 0.29) is 11.3 Å². The molecule has 0 aromatic carbocycles. The van der Waals surface area contributed by atoms with E-state index in [0.717, 1.165) is 0 Å². The predicted octanol–water partition coefficient (Wildman–Crippen LogP) is 0.738. The van der Waals surface area contributed by atoms with Crippen LogP contribution in [0.25, 0.3) is 0 Å². The number of carbonyl (C=O) groups is 2. The summed E-state index contributed by atoms with van der Waals surface area (Å²) in [5.41, 5.74) is -0.220. The number of Topliss-reactive ketones (excluding diaryl/α,β-unsaturated/α-hetero) is 1. The largest absolute Gasteiger partial charge is 0.356 e. The number of nitrogens with one attached hydrogen (secondary N) is 1. The van der Waals surface area contributed by atoms with E-state index in [1.54, 1.807) is 0 Å². The summed E-state index contributed by atoms with van der Waals surface area (Å²) < 4.78 is 0. The van der Waals surface area contributed by atoms with Crippen LogP contribution in [0.3, 0.4) is 0 Å². The minimum absolute atomic E-state index is 0.0230. The monoisotopic (exact) mass is 169 g/mol. The SMILES string of the molecule is CC(=O)NCC1CC(=O)C1(C)C. The minimum atomic E-state index is -0.220. The highest BCUT2D eigenvalue weighted by Gasteiger charge is 2.46. The van der Waals surface area contributed by atoms with Gasteiger partial charge in [-0.3, -0.25) is 9.59 Å². The molecule has 68 valence electrons. The molecule has 1 N–H and O–H groups in total. The molecule has 1 rings (SSSR count). The summed E-state index contributed by atoms with van der Waals surface area (Å²) in [4.78, 5) is 21.7. The van der Waals surface area contributed by atoms with Crippen molar-refractivity contribution in [2.75, 3.05) is 6.54 Å². The summed E-state index contributed by atoms with van der Waals surface area (Å²) in [6, 6.07) is 0. The van der Waals surface area contributed by atoms with Gasteiger partial charge in [-0.25, -0.2) is 0 Å². The van der Waals surface area contributed by atoms with Crippen LogP contribution in [0.1, 0.15) is 27.2 Å². The van der Waals surface area contributed by atoms with Crippen LogP contribution in [-0.2, 0) is 9.59 Å². The quantitative estimate of drug-likeness (QED) is 0.662. The first-order valence-corrected chi connectivity index (χ1v) is 4.22. The molecule has 1 unspecified atom stereocenters. The molecule has 3 heteroatoms. The Morgan fingerprint density at radius 2 is 2.25 bits per heavy atom. The van der Waals surface area contributed by atoms with E-state index in [1.165, 1.54) is 6.92 Å². The molecule has 0 aliphatic heterocycles. The van der Waals surface area contributed by atoms with Gasteiger partial charge in [-0.15, -0.1) is 0 Å². The van der Waals surface area contributed by atoms with Crippen molar-refractivity contribution >= 4 is 11.7 Å². The van der Waals surface area contributed by atoms with Crippen LogP contribution < -0.4 is 5.32 Å². The fraction of sp³-hybridized carbons (Fsp3) is 0.778. The van der Waals surface area contributed by atoms with Crippen molar-refractivity contribution in [2.45, 2.75) is 27.2 Å². The summed E-state index contributed by atoms with van der Waals surface area (Å²) in [6.45, 7) is 6.00. The van der Waals surface area contributed by atoms with Crippen LogP contribution >= 0.6 is 0 Å². The molecule has 0 heterocycles. The van der Waals surface area contributed by atoms with E-state index in [4.69, 9.17) is 0 Å². The van der Waals surface area contributed by atoms with Gasteiger partial charge in [0.1, 0.15) is 5.78 Å². The predicted molar refractivity (Wildman–Crippen MR) is 45.6 cm³/mol. The van der Waals surface area contributed by atoms with Crippen LogP contribution in [0.5, 0.6) is 0 Å². The van der Waals surface area contributed by atoms with Crippen molar-refractivity contribution in [1.82, 2.24) is 5.32 Å². The van der Waals surface area contributed by atoms with Crippen molar-refractivity contribution in [1.29, 1.82) is 0 Å². The molecule has 0 radical (unpaired) electrons. The molecule has 0 aromatic heterocycles. The van der Waals surface area contributed by atoms with Gasteiger partial charge in [0, 0.05) is 25.3 Å². The van der Waals surface area contributed by atoms with Crippen LogP contribution in [0.4, 0.5) is 0 Å². The molecule has 3 nitrogen and oxygen atoms in total. The first kappa shape index (κ1) is 9.23. The Bertz CT molecular complexity index is 221. The van der Waals surface area contributed by atoms with Gasteiger partial charge in [0.25, 0.3) is 0 Å². The molecule has 1 aliphatic rings. The second-order valence-electron chi connectivity index (χ2n) is 3.98. The number of ketones is 1. The van der Waals surface area contributed by atoms with E-state index >= 15 is 0 Å². The standard InChI is InChI=1S/C9H15NO2/c1-6(11)10-5-7-4-8(12)9(7,2)3/h7H,4-5H2,1-3H3,(H,10,11). The zero-order valence-corrected chi connectivity index (χ0v) is 7.81. The van der Waals surface area contributed by atoms with Gasteiger partial charge in [-0.1, -0.05) is 13.8 Å². The Kier molecular flexibility index (Phi) is 2.22. The second-order valence-corrected chi connectivity index (χ2v) is 3.98. The Morgan fingerprint density at radius 3 is 2.58 bits per heavy atom.